The minimum atomic E-state index is -4.07. The van der Waals surface area contributed by atoms with Crippen LogP contribution in [0.5, 0.6) is 0 Å². The number of rotatable bonds is 1. The van der Waals surface area contributed by atoms with Crippen LogP contribution in [0.4, 0.5) is 13.2 Å². The molecule has 2 aliphatic heterocycles. The van der Waals surface area contributed by atoms with Crippen LogP contribution in [0.15, 0.2) is 0 Å². The Hall–Kier alpha value is -0.290. The van der Waals surface area contributed by atoms with Crippen LogP contribution in [0.2, 0.25) is 0 Å². The SMILES string of the molecule is CC1CNCCC1N1CCC(C(F)(F)F)C1(C)C. The van der Waals surface area contributed by atoms with Crippen molar-refractivity contribution in [1.29, 1.82) is 0 Å². The van der Waals surface area contributed by atoms with Crippen molar-refractivity contribution >= 4 is 0 Å². The first-order valence-corrected chi connectivity index (χ1v) is 6.78. The van der Waals surface area contributed by atoms with Gasteiger partial charge in [-0.15, -0.1) is 0 Å². The number of piperidine rings is 1. The summed E-state index contributed by atoms with van der Waals surface area (Å²) >= 11 is 0. The molecule has 18 heavy (non-hydrogen) atoms. The first-order chi connectivity index (χ1) is 8.24. The molecular formula is C13H23F3N2. The lowest BCUT2D eigenvalue weighted by Gasteiger charge is -2.45. The fourth-order valence-electron chi connectivity index (χ4n) is 3.73. The molecule has 106 valence electrons. The van der Waals surface area contributed by atoms with Crippen molar-refractivity contribution in [2.75, 3.05) is 19.6 Å². The van der Waals surface area contributed by atoms with E-state index in [0.29, 0.717) is 12.5 Å². The van der Waals surface area contributed by atoms with Gasteiger partial charge >= 0.3 is 6.18 Å². The number of halogens is 3. The van der Waals surface area contributed by atoms with Crippen molar-refractivity contribution in [3.63, 3.8) is 0 Å². The van der Waals surface area contributed by atoms with Gasteiger partial charge in [0.15, 0.2) is 0 Å². The Balaban J connectivity index is 2.16. The van der Waals surface area contributed by atoms with Gasteiger partial charge in [0.1, 0.15) is 0 Å². The third kappa shape index (κ3) is 2.39. The van der Waals surface area contributed by atoms with Crippen molar-refractivity contribution in [1.82, 2.24) is 10.2 Å². The zero-order chi connectivity index (χ0) is 13.6. The third-order valence-corrected chi connectivity index (χ3v) is 4.79. The Morgan fingerprint density at radius 3 is 2.39 bits per heavy atom. The highest BCUT2D eigenvalue weighted by Gasteiger charge is 2.56. The van der Waals surface area contributed by atoms with Gasteiger partial charge < -0.3 is 5.32 Å². The molecule has 0 aromatic heterocycles. The highest BCUT2D eigenvalue weighted by Crippen LogP contribution is 2.46. The molecular weight excluding hydrogens is 241 g/mol. The molecule has 0 radical (unpaired) electrons. The molecule has 2 heterocycles. The number of nitrogens with zero attached hydrogens (tertiary/aromatic N) is 1. The van der Waals surface area contributed by atoms with Crippen LogP contribution < -0.4 is 5.32 Å². The van der Waals surface area contributed by atoms with Crippen LogP contribution in [0.25, 0.3) is 0 Å². The number of alkyl halides is 3. The molecule has 0 aliphatic carbocycles. The predicted molar refractivity (Wildman–Crippen MR) is 65.4 cm³/mol. The Morgan fingerprint density at radius 1 is 1.22 bits per heavy atom. The Labute approximate surface area is 107 Å². The van der Waals surface area contributed by atoms with Crippen molar-refractivity contribution < 1.29 is 13.2 Å². The monoisotopic (exact) mass is 264 g/mol. The highest BCUT2D eigenvalue weighted by atomic mass is 19.4. The van der Waals surface area contributed by atoms with E-state index in [0.717, 1.165) is 19.5 Å². The molecule has 2 aliphatic rings. The zero-order valence-electron chi connectivity index (χ0n) is 11.3. The van der Waals surface area contributed by atoms with E-state index in [2.05, 4.69) is 17.1 Å². The van der Waals surface area contributed by atoms with Gasteiger partial charge in [-0.2, -0.15) is 13.2 Å². The molecule has 2 fully saturated rings. The molecule has 0 amide bonds. The van der Waals surface area contributed by atoms with Crippen molar-refractivity contribution in [3.05, 3.63) is 0 Å². The van der Waals surface area contributed by atoms with E-state index < -0.39 is 17.6 Å². The molecule has 2 nitrogen and oxygen atoms in total. The summed E-state index contributed by atoms with van der Waals surface area (Å²) in [6.45, 7) is 8.05. The lowest BCUT2D eigenvalue weighted by Crippen LogP contribution is -2.56. The van der Waals surface area contributed by atoms with E-state index in [4.69, 9.17) is 0 Å². The number of likely N-dealkylation sites (tertiary alicyclic amines) is 1. The van der Waals surface area contributed by atoms with Gasteiger partial charge in [-0.3, -0.25) is 4.90 Å². The van der Waals surface area contributed by atoms with Gasteiger partial charge in [-0.05, 0) is 52.2 Å². The van der Waals surface area contributed by atoms with Crippen LogP contribution >= 0.6 is 0 Å². The standard InChI is InChI=1S/C13H23F3N2/c1-9-8-17-6-4-10(9)18-7-5-11(12(18,2)3)13(14,15)16/h9-11,17H,4-8H2,1-3H3. The molecule has 2 saturated heterocycles. The predicted octanol–water partition coefficient (Wildman–Crippen LogP) is 2.65. The Kier molecular flexibility index (Phi) is 3.67. The molecule has 3 atom stereocenters. The number of nitrogens with one attached hydrogen (secondary N) is 1. The molecule has 0 spiro atoms. The highest BCUT2D eigenvalue weighted by molar-refractivity contribution is 5.02. The normalized spacial score (nSPS) is 38.0. The van der Waals surface area contributed by atoms with Crippen LogP contribution in [0.3, 0.4) is 0 Å². The fourth-order valence-corrected chi connectivity index (χ4v) is 3.73. The van der Waals surface area contributed by atoms with Crippen molar-refractivity contribution in [2.45, 2.75) is 51.4 Å². The molecule has 0 bridgehead atoms. The lowest BCUT2D eigenvalue weighted by atomic mass is 9.84. The summed E-state index contributed by atoms with van der Waals surface area (Å²) in [4.78, 5) is 2.11. The Morgan fingerprint density at radius 2 is 1.89 bits per heavy atom. The minimum Gasteiger partial charge on any atom is -0.316 e. The van der Waals surface area contributed by atoms with Crippen molar-refractivity contribution in [2.24, 2.45) is 11.8 Å². The maximum atomic E-state index is 13.1. The first-order valence-electron chi connectivity index (χ1n) is 6.78. The lowest BCUT2D eigenvalue weighted by molar-refractivity contribution is -0.194. The van der Waals surface area contributed by atoms with Gasteiger partial charge in [0.05, 0.1) is 5.92 Å². The summed E-state index contributed by atoms with van der Waals surface area (Å²) in [5.41, 5.74) is -0.769. The van der Waals surface area contributed by atoms with Gasteiger partial charge in [0, 0.05) is 11.6 Å². The molecule has 0 aromatic rings. The second-order valence-corrected chi connectivity index (χ2v) is 6.27. The molecule has 0 saturated carbocycles. The quantitative estimate of drug-likeness (QED) is 0.783. The second-order valence-electron chi connectivity index (χ2n) is 6.27. The maximum Gasteiger partial charge on any atom is 0.393 e. The smallest absolute Gasteiger partial charge is 0.316 e. The first kappa shape index (κ1) is 14.1. The average Bonchev–Trinajstić information content (AvgIpc) is 2.54. The van der Waals surface area contributed by atoms with Crippen LogP contribution in [-0.4, -0.2) is 42.3 Å². The van der Waals surface area contributed by atoms with E-state index in [-0.39, 0.29) is 12.5 Å². The van der Waals surface area contributed by atoms with E-state index in [1.54, 1.807) is 13.8 Å². The zero-order valence-corrected chi connectivity index (χ0v) is 11.3. The summed E-state index contributed by atoms with van der Waals surface area (Å²) in [6.07, 6.45) is -2.88. The molecule has 3 unspecified atom stereocenters. The molecule has 2 rings (SSSR count). The molecule has 1 N–H and O–H groups in total. The number of hydrogen-bond donors (Lipinski definition) is 1. The summed E-state index contributed by atoms with van der Waals surface area (Å²) in [5.74, 6) is -0.767. The van der Waals surface area contributed by atoms with Gasteiger partial charge in [-0.1, -0.05) is 6.92 Å². The topological polar surface area (TPSA) is 15.3 Å². The number of hydrogen-bond acceptors (Lipinski definition) is 2. The van der Waals surface area contributed by atoms with Gasteiger partial charge in [0.2, 0.25) is 0 Å². The second kappa shape index (κ2) is 4.67. The summed E-state index contributed by atoms with van der Waals surface area (Å²) in [7, 11) is 0. The van der Waals surface area contributed by atoms with E-state index in [1.165, 1.54) is 0 Å². The van der Waals surface area contributed by atoms with Gasteiger partial charge in [-0.25, -0.2) is 0 Å². The van der Waals surface area contributed by atoms with Gasteiger partial charge in [0.25, 0.3) is 0 Å². The summed E-state index contributed by atoms with van der Waals surface area (Å²) in [6, 6.07) is 0.286. The molecule has 0 aromatic carbocycles. The van der Waals surface area contributed by atoms with E-state index in [1.807, 2.05) is 0 Å². The van der Waals surface area contributed by atoms with Crippen LogP contribution in [-0.2, 0) is 0 Å². The fraction of sp³-hybridized carbons (Fsp3) is 1.00. The van der Waals surface area contributed by atoms with Crippen LogP contribution in [0, 0.1) is 11.8 Å². The van der Waals surface area contributed by atoms with Crippen LogP contribution in [0.1, 0.15) is 33.6 Å². The van der Waals surface area contributed by atoms with E-state index in [9.17, 15) is 13.2 Å². The maximum absolute atomic E-state index is 13.1. The average molecular weight is 264 g/mol. The van der Waals surface area contributed by atoms with Crippen molar-refractivity contribution in [3.8, 4) is 0 Å². The summed E-state index contributed by atoms with van der Waals surface area (Å²) < 4.78 is 39.2. The largest absolute Gasteiger partial charge is 0.393 e. The third-order valence-electron chi connectivity index (χ3n) is 4.79. The molecule has 5 heteroatoms. The Bertz CT molecular complexity index is 301. The van der Waals surface area contributed by atoms with E-state index >= 15 is 0 Å². The summed E-state index contributed by atoms with van der Waals surface area (Å²) in [5, 5.41) is 3.31. The minimum absolute atomic E-state index is 0.243.